The highest BCUT2D eigenvalue weighted by atomic mass is 16.6. The van der Waals surface area contributed by atoms with Crippen LogP contribution in [0.2, 0.25) is 0 Å². The summed E-state index contributed by atoms with van der Waals surface area (Å²) in [6, 6.07) is 9.29. The van der Waals surface area contributed by atoms with Gasteiger partial charge in [0, 0.05) is 32.2 Å². The molecule has 2 amide bonds. The van der Waals surface area contributed by atoms with Gasteiger partial charge in [-0.2, -0.15) is 0 Å². The first-order valence-electron chi connectivity index (χ1n) is 8.13. The van der Waals surface area contributed by atoms with Crippen LogP contribution in [0, 0.1) is 10.1 Å². The van der Waals surface area contributed by atoms with E-state index in [4.69, 9.17) is 4.42 Å². The molecule has 1 aliphatic heterocycles. The molecule has 0 unspecified atom stereocenters. The first-order valence-corrected chi connectivity index (χ1v) is 8.13. The maximum Gasteiger partial charge on any atom is 0.292 e. The number of nitro benzene ring substituents is 1. The topological polar surface area (TPSA) is 109 Å². The van der Waals surface area contributed by atoms with Gasteiger partial charge in [0.15, 0.2) is 5.76 Å². The number of para-hydroxylation sites is 2. The number of nitro groups is 1. The summed E-state index contributed by atoms with van der Waals surface area (Å²) in [7, 11) is 0. The maximum atomic E-state index is 12.2. The molecule has 1 aromatic carbocycles. The van der Waals surface area contributed by atoms with Crippen molar-refractivity contribution >= 4 is 23.2 Å². The minimum atomic E-state index is -0.533. The lowest BCUT2D eigenvalue weighted by atomic mass is 10.2. The molecule has 1 aromatic heterocycles. The number of carbonyl (C=O) groups is 2. The normalized spacial score (nSPS) is 14.8. The number of piperazine rings is 1. The van der Waals surface area contributed by atoms with E-state index in [0.29, 0.717) is 31.9 Å². The standard InChI is InChI=1S/C17H18N4O5/c22-16(18-13-4-1-2-5-14(13)21(24)25)12-19-7-9-20(10-8-19)17(23)15-6-3-11-26-15/h1-6,11H,7-10,12H2,(H,18,22). The van der Waals surface area contributed by atoms with Crippen LogP contribution >= 0.6 is 0 Å². The van der Waals surface area contributed by atoms with Crippen molar-refractivity contribution in [1.82, 2.24) is 9.80 Å². The number of amides is 2. The highest BCUT2D eigenvalue weighted by Gasteiger charge is 2.25. The van der Waals surface area contributed by atoms with Crippen LogP contribution in [0.15, 0.2) is 47.1 Å². The Labute approximate surface area is 149 Å². The highest BCUT2D eigenvalue weighted by molar-refractivity contribution is 5.94. The molecule has 1 N–H and O–H groups in total. The molecule has 1 fully saturated rings. The fourth-order valence-electron chi connectivity index (χ4n) is 2.80. The third-order valence-electron chi connectivity index (χ3n) is 4.13. The van der Waals surface area contributed by atoms with Crippen LogP contribution in [0.25, 0.3) is 0 Å². The first-order chi connectivity index (χ1) is 12.5. The van der Waals surface area contributed by atoms with Gasteiger partial charge in [0.25, 0.3) is 11.6 Å². The molecule has 9 nitrogen and oxygen atoms in total. The Balaban J connectivity index is 1.51. The molecule has 0 spiro atoms. The fraction of sp³-hybridized carbons (Fsp3) is 0.294. The second-order valence-corrected chi connectivity index (χ2v) is 5.87. The highest BCUT2D eigenvalue weighted by Crippen LogP contribution is 2.23. The molecular formula is C17H18N4O5. The second kappa shape index (κ2) is 7.79. The Bertz CT molecular complexity index is 797. The first kappa shape index (κ1) is 17.6. The SMILES string of the molecule is O=C(CN1CCN(C(=O)c2ccco2)CC1)Nc1ccccc1[N+](=O)[O-]. The molecule has 2 heterocycles. The van der Waals surface area contributed by atoms with Gasteiger partial charge in [0.1, 0.15) is 5.69 Å². The summed E-state index contributed by atoms with van der Waals surface area (Å²) in [4.78, 5) is 38.4. The van der Waals surface area contributed by atoms with Crippen LogP contribution in [-0.2, 0) is 4.79 Å². The van der Waals surface area contributed by atoms with Gasteiger partial charge < -0.3 is 14.6 Å². The number of rotatable bonds is 5. The predicted octanol–water partition coefficient (Wildman–Crippen LogP) is 1.58. The van der Waals surface area contributed by atoms with Crippen molar-refractivity contribution in [2.75, 3.05) is 38.0 Å². The van der Waals surface area contributed by atoms with Crippen molar-refractivity contribution < 1.29 is 18.9 Å². The van der Waals surface area contributed by atoms with Crippen LogP contribution in [0.5, 0.6) is 0 Å². The number of anilines is 1. The van der Waals surface area contributed by atoms with Crippen molar-refractivity contribution in [1.29, 1.82) is 0 Å². The summed E-state index contributed by atoms with van der Waals surface area (Å²) in [6.45, 7) is 2.15. The Morgan fingerprint density at radius 3 is 2.50 bits per heavy atom. The van der Waals surface area contributed by atoms with E-state index in [-0.39, 0.29) is 29.7 Å². The Morgan fingerprint density at radius 2 is 1.85 bits per heavy atom. The zero-order valence-electron chi connectivity index (χ0n) is 14.0. The van der Waals surface area contributed by atoms with E-state index in [9.17, 15) is 19.7 Å². The van der Waals surface area contributed by atoms with Gasteiger partial charge in [-0.1, -0.05) is 12.1 Å². The predicted molar refractivity (Wildman–Crippen MR) is 92.8 cm³/mol. The summed E-state index contributed by atoms with van der Waals surface area (Å²) in [6.07, 6.45) is 1.45. The average Bonchev–Trinajstić information content (AvgIpc) is 3.16. The lowest BCUT2D eigenvalue weighted by Gasteiger charge is -2.33. The number of hydrogen-bond donors (Lipinski definition) is 1. The number of nitrogens with one attached hydrogen (secondary N) is 1. The molecule has 3 rings (SSSR count). The number of nitrogens with zero attached hydrogens (tertiary/aromatic N) is 3. The second-order valence-electron chi connectivity index (χ2n) is 5.87. The number of carbonyl (C=O) groups excluding carboxylic acids is 2. The Morgan fingerprint density at radius 1 is 1.12 bits per heavy atom. The number of benzene rings is 1. The third kappa shape index (κ3) is 4.06. The minimum Gasteiger partial charge on any atom is -0.459 e. The number of furan rings is 1. The summed E-state index contributed by atoms with van der Waals surface area (Å²) >= 11 is 0. The van der Waals surface area contributed by atoms with Crippen LogP contribution < -0.4 is 5.32 Å². The fourth-order valence-corrected chi connectivity index (χ4v) is 2.80. The van der Waals surface area contributed by atoms with Crippen molar-refractivity contribution in [3.63, 3.8) is 0 Å². The molecule has 136 valence electrons. The van der Waals surface area contributed by atoms with Gasteiger partial charge in [0.05, 0.1) is 17.7 Å². The molecule has 1 saturated heterocycles. The smallest absolute Gasteiger partial charge is 0.292 e. The molecule has 9 heteroatoms. The quantitative estimate of drug-likeness (QED) is 0.642. The summed E-state index contributed by atoms with van der Waals surface area (Å²) in [5.41, 5.74) is 0.0313. The van der Waals surface area contributed by atoms with Gasteiger partial charge in [-0.3, -0.25) is 24.6 Å². The van der Waals surface area contributed by atoms with Crippen molar-refractivity contribution in [3.8, 4) is 0 Å². The van der Waals surface area contributed by atoms with Gasteiger partial charge in [0.2, 0.25) is 5.91 Å². The van der Waals surface area contributed by atoms with E-state index in [1.807, 2.05) is 4.90 Å². The summed E-state index contributed by atoms with van der Waals surface area (Å²) in [5, 5.41) is 13.6. The summed E-state index contributed by atoms with van der Waals surface area (Å²) < 4.78 is 5.11. The van der Waals surface area contributed by atoms with E-state index in [2.05, 4.69) is 5.32 Å². The molecule has 26 heavy (non-hydrogen) atoms. The molecular weight excluding hydrogens is 340 g/mol. The molecule has 1 aliphatic rings. The van der Waals surface area contributed by atoms with E-state index in [1.54, 1.807) is 29.2 Å². The lowest BCUT2D eigenvalue weighted by Crippen LogP contribution is -2.50. The van der Waals surface area contributed by atoms with E-state index < -0.39 is 4.92 Å². The van der Waals surface area contributed by atoms with Crippen LogP contribution in [0.3, 0.4) is 0 Å². The van der Waals surface area contributed by atoms with Crippen LogP contribution in [-0.4, -0.2) is 59.3 Å². The number of hydrogen-bond acceptors (Lipinski definition) is 6. The third-order valence-corrected chi connectivity index (χ3v) is 4.13. The Kier molecular flexibility index (Phi) is 5.28. The van der Waals surface area contributed by atoms with Crippen LogP contribution in [0.4, 0.5) is 11.4 Å². The maximum absolute atomic E-state index is 12.2. The molecule has 0 radical (unpaired) electrons. The molecule has 0 aliphatic carbocycles. The van der Waals surface area contributed by atoms with Crippen molar-refractivity contribution in [2.24, 2.45) is 0 Å². The Hall–Kier alpha value is -3.20. The largest absolute Gasteiger partial charge is 0.459 e. The molecule has 0 saturated carbocycles. The molecule has 0 bridgehead atoms. The van der Waals surface area contributed by atoms with Gasteiger partial charge in [-0.25, -0.2) is 0 Å². The van der Waals surface area contributed by atoms with Gasteiger partial charge >= 0.3 is 0 Å². The molecule has 0 atom stereocenters. The summed E-state index contributed by atoms with van der Waals surface area (Å²) in [5.74, 6) is -0.197. The van der Waals surface area contributed by atoms with Gasteiger partial charge in [-0.05, 0) is 18.2 Å². The van der Waals surface area contributed by atoms with Crippen molar-refractivity contribution in [3.05, 3.63) is 58.5 Å². The van der Waals surface area contributed by atoms with Crippen LogP contribution in [0.1, 0.15) is 10.6 Å². The van der Waals surface area contributed by atoms with E-state index in [1.165, 1.54) is 18.4 Å². The average molecular weight is 358 g/mol. The lowest BCUT2D eigenvalue weighted by molar-refractivity contribution is -0.383. The van der Waals surface area contributed by atoms with E-state index in [0.717, 1.165) is 0 Å². The molecule has 2 aromatic rings. The zero-order chi connectivity index (χ0) is 18.5. The zero-order valence-corrected chi connectivity index (χ0v) is 14.0. The van der Waals surface area contributed by atoms with E-state index >= 15 is 0 Å². The minimum absolute atomic E-state index is 0.106. The monoisotopic (exact) mass is 358 g/mol. The van der Waals surface area contributed by atoms with Gasteiger partial charge in [-0.15, -0.1) is 0 Å². The van der Waals surface area contributed by atoms with Crippen molar-refractivity contribution in [2.45, 2.75) is 0 Å².